The van der Waals surface area contributed by atoms with Gasteiger partial charge in [-0.2, -0.15) is 0 Å². The Hall–Kier alpha value is -3.04. The summed E-state index contributed by atoms with van der Waals surface area (Å²) < 4.78 is 28.4. The molecule has 0 fully saturated rings. The van der Waals surface area contributed by atoms with E-state index >= 15 is 0 Å². The number of carbonyl (C=O) groups is 1. The number of sulfonamides is 1. The van der Waals surface area contributed by atoms with E-state index in [1.54, 1.807) is 42.5 Å². The summed E-state index contributed by atoms with van der Waals surface area (Å²) >= 11 is 0. The van der Waals surface area contributed by atoms with E-state index < -0.39 is 21.0 Å². The second-order valence-corrected chi connectivity index (χ2v) is 9.16. The predicted molar refractivity (Wildman–Crippen MR) is 117 cm³/mol. The molecule has 162 valence electrons. The highest BCUT2D eigenvalue weighted by atomic mass is 32.2. The maximum atomic E-state index is 13.1. The average Bonchev–Trinajstić information content (AvgIpc) is 2.74. The first-order chi connectivity index (χ1) is 14.7. The van der Waals surface area contributed by atoms with Gasteiger partial charge in [-0.05, 0) is 35.7 Å². The Balaban J connectivity index is 2.00. The molecule has 8 heteroatoms. The highest BCUT2D eigenvalue weighted by molar-refractivity contribution is 7.92. The number of hydrogen-bond donors (Lipinski definition) is 3. The summed E-state index contributed by atoms with van der Waals surface area (Å²) in [6, 6.07) is 19.3. The lowest BCUT2D eigenvalue weighted by Gasteiger charge is -2.16. The van der Waals surface area contributed by atoms with Crippen LogP contribution in [0.2, 0.25) is 0 Å². The Morgan fingerprint density at radius 3 is 2.26 bits per heavy atom. The van der Waals surface area contributed by atoms with Crippen molar-refractivity contribution in [1.29, 1.82) is 0 Å². The van der Waals surface area contributed by atoms with Crippen LogP contribution in [0.5, 0.6) is 0 Å². The maximum Gasteiger partial charge on any atom is 0.261 e. The minimum absolute atomic E-state index is 0.0737. The van der Waals surface area contributed by atoms with E-state index in [9.17, 15) is 18.4 Å². The largest absolute Gasteiger partial charge is 0.600 e. The number of hydrogen-bond acceptors (Lipinski definition) is 5. The van der Waals surface area contributed by atoms with Gasteiger partial charge in [0.1, 0.15) is 6.54 Å². The van der Waals surface area contributed by atoms with Gasteiger partial charge >= 0.3 is 0 Å². The SMILES string of the molecule is CC(C)c1ccc(S(=O)(=O)Nc2ccc(C[NH+]([O-])O)cc2C(=O)c2ccccc2)cc1. The number of hydroxylamine groups is 2. The molecular formula is C23H24N2O5S. The normalized spacial score (nSPS) is 12.5. The van der Waals surface area contributed by atoms with Gasteiger partial charge in [0, 0.05) is 16.7 Å². The third-order valence-electron chi connectivity index (χ3n) is 4.82. The van der Waals surface area contributed by atoms with E-state index in [-0.39, 0.29) is 28.6 Å². The van der Waals surface area contributed by atoms with Gasteiger partial charge in [-0.3, -0.25) is 9.52 Å². The van der Waals surface area contributed by atoms with E-state index in [4.69, 9.17) is 5.21 Å². The molecule has 0 aliphatic carbocycles. The Kier molecular flexibility index (Phi) is 6.87. The van der Waals surface area contributed by atoms with Crippen LogP contribution in [-0.2, 0) is 16.6 Å². The van der Waals surface area contributed by atoms with E-state index in [1.807, 2.05) is 13.8 Å². The molecule has 3 N–H and O–H groups in total. The number of nitrogens with one attached hydrogen (secondary N) is 2. The summed E-state index contributed by atoms with van der Waals surface area (Å²) in [6.45, 7) is 3.75. The summed E-state index contributed by atoms with van der Waals surface area (Å²) in [5.41, 5.74) is 1.97. The Labute approximate surface area is 181 Å². The lowest BCUT2D eigenvalue weighted by atomic mass is 9.99. The zero-order valence-electron chi connectivity index (χ0n) is 17.2. The number of ketones is 1. The van der Waals surface area contributed by atoms with Crippen LogP contribution in [0.4, 0.5) is 5.69 Å². The number of rotatable bonds is 8. The van der Waals surface area contributed by atoms with Crippen LogP contribution >= 0.6 is 0 Å². The van der Waals surface area contributed by atoms with Crippen LogP contribution in [-0.4, -0.2) is 19.4 Å². The standard InChI is InChI=1S/C23H24N2O5S/c1-16(2)18-9-11-20(12-10-18)31(29,30)24-22-13-8-17(15-25(27)28)14-21(22)23(26)19-6-4-3-5-7-19/h3-14,16,24-25,27H,15H2,1-2H3. The molecule has 3 aromatic carbocycles. The Bertz CT molecular complexity index is 1160. The van der Waals surface area contributed by atoms with Crippen molar-refractivity contribution in [2.24, 2.45) is 0 Å². The van der Waals surface area contributed by atoms with Crippen LogP contribution < -0.4 is 9.95 Å². The Morgan fingerprint density at radius 2 is 1.68 bits per heavy atom. The molecule has 0 bridgehead atoms. The van der Waals surface area contributed by atoms with Crippen molar-refractivity contribution in [1.82, 2.24) is 0 Å². The number of anilines is 1. The fourth-order valence-corrected chi connectivity index (χ4v) is 4.21. The van der Waals surface area contributed by atoms with E-state index in [1.165, 1.54) is 30.3 Å². The van der Waals surface area contributed by atoms with Crippen LogP contribution in [0.25, 0.3) is 0 Å². The van der Waals surface area contributed by atoms with Crippen molar-refractivity contribution < 1.29 is 23.6 Å². The van der Waals surface area contributed by atoms with Crippen molar-refractivity contribution in [3.8, 4) is 0 Å². The van der Waals surface area contributed by atoms with Gasteiger partial charge in [0.25, 0.3) is 10.0 Å². The molecule has 0 radical (unpaired) electrons. The topological polar surface area (TPSA) is 111 Å². The van der Waals surface area contributed by atoms with Crippen molar-refractivity contribution >= 4 is 21.5 Å². The summed E-state index contributed by atoms with van der Waals surface area (Å²) in [7, 11) is -3.95. The molecular weight excluding hydrogens is 416 g/mol. The molecule has 1 atom stereocenters. The number of quaternary nitrogens is 1. The second-order valence-electron chi connectivity index (χ2n) is 7.47. The van der Waals surface area contributed by atoms with Gasteiger partial charge in [-0.1, -0.05) is 62.4 Å². The van der Waals surface area contributed by atoms with E-state index in [2.05, 4.69) is 4.72 Å². The monoisotopic (exact) mass is 440 g/mol. The van der Waals surface area contributed by atoms with Gasteiger partial charge in [0.2, 0.25) is 0 Å². The van der Waals surface area contributed by atoms with Gasteiger partial charge in [0.15, 0.2) is 5.78 Å². The van der Waals surface area contributed by atoms with Crippen LogP contribution in [0.15, 0.2) is 77.7 Å². The van der Waals surface area contributed by atoms with Crippen molar-refractivity contribution in [2.75, 3.05) is 4.72 Å². The van der Waals surface area contributed by atoms with Crippen molar-refractivity contribution in [3.63, 3.8) is 0 Å². The molecule has 0 aliphatic rings. The zero-order valence-corrected chi connectivity index (χ0v) is 18.0. The smallest absolute Gasteiger partial charge is 0.261 e. The number of carbonyl (C=O) groups excluding carboxylic acids is 1. The fourth-order valence-electron chi connectivity index (χ4n) is 3.13. The molecule has 0 saturated heterocycles. The van der Waals surface area contributed by atoms with Gasteiger partial charge in [-0.15, -0.1) is 0 Å². The fraction of sp³-hybridized carbons (Fsp3) is 0.174. The summed E-state index contributed by atoms with van der Waals surface area (Å²) in [5.74, 6) is -0.137. The molecule has 0 heterocycles. The molecule has 7 nitrogen and oxygen atoms in total. The minimum Gasteiger partial charge on any atom is -0.600 e. The molecule has 31 heavy (non-hydrogen) atoms. The molecule has 1 unspecified atom stereocenters. The zero-order chi connectivity index (χ0) is 22.6. The molecule has 0 spiro atoms. The highest BCUT2D eigenvalue weighted by Crippen LogP contribution is 2.25. The first-order valence-electron chi connectivity index (χ1n) is 9.74. The highest BCUT2D eigenvalue weighted by Gasteiger charge is 2.21. The molecule has 0 amide bonds. The minimum atomic E-state index is -3.95. The van der Waals surface area contributed by atoms with Crippen molar-refractivity contribution in [2.45, 2.75) is 31.2 Å². The van der Waals surface area contributed by atoms with Crippen LogP contribution in [0, 0.1) is 5.21 Å². The molecule has 0 aromatic heterocycles. The van der Waals surface area contributed by atoms with Crippen LogP contribution in [0.1, 0.15) is 46.8 Å². The quantitative estimate of drug-likeness (QED) is 0.368. The first kappa shape index (κ1) is 22.6. The molecule has 0 saturated carbocycles. The maximum absolute atomic E-state index is 13.1. The molecule has 0 aliphatic heterocycles. The molecule has 3 aromatic rings. The van der Waals surface area contributed by atoms with Crippen molar-refractivity contribution in [3.05, 3.63) is 100 Å². The lowest BCUT2D eigenvalue weighted by Crippen LogP contribution is -3.03. The van der Waals surface area contributed by atoms with Gasteiger partial charge in [-0.25, -0.2) is 18.9 Å². The third kappa shape index (κ3) is 5.56. The average molecular weight is 441 g/mol. The summed E-state index contributed by atoms with van der Waals surface area (Å²) in [5, 5.41) is 19.1. The van der Waals surface area contributed by atoms with E-state index in [0.717, 1.165) is 5.56 Å². The van der Waals surface area contributed by atoms with Gasteiger partial charge < -0.3 is 5.21 Å². The third-order valence-corrected chi connectivity index (χ3v) is 6.20. The summed E-state index contributed by atoms with van der Waals surface area (Å²) in [6.07, 6.45) is 0. The van der Waals surface area contributed by atoms with E-state index in [0.29, 0.717) is 11.1 Å². The molecule has 3 rings (SSSR count). The summed E-state index contributed by atoms with van der Waals surface area (Å²) in [4.78, 5) is 13.1. The first-order valence-corrected chi connectivity index (χ1v) is 11.2. The predicted octanol–water partition coefficient (Wildman–Crippen LogP) is 3.11. The second kappa shape index (κ2) is 9.40. The Morgan fingerprint density at radius 1 is 1.03 bits per heavy atom. The van der Waals surface area contributed by atoms with Gasteiger partial charge in [0.05, 0.1) is 10.6 Å². The lowest BCUT2D eigenvalue weighted by molar-refractivity contribution is -1.06. The van der Waals surface area contributed by atoms with Crippen LogP contribution in [0.3, 0.4) is 0 Å². The number of benzene rings is 3.